The second-order valence-corrected chi connectivity index (χ2v) is 9.91. The number of hydrogen-bond donors (Lipinski definition) is 2. The van der Waals surface area contributed by atoms with Gasteiger partial charge in [0.05, 0.1) is 11.9 Å². The predicted octanol–water partition coefficient (Wildman–Crippen LogP) is 3.27. The van der Waals surface area contributed by atoms with Crippen LogP contribution >= 0.6 is 0 Å². The maximum Gasteiger partial charge on any atom is 0.410 e. The molecule has 0 atom stereocenters. The zero-order chi connectivity index (χ0) is 22.6. The van der Waals surface area contributed by atoms with Crippen LogP contribution < -0.4 is 15.5 Å². The van der Waals surface area contributed by atoms with Crippen LogP contribution in [-0.4, -0.2) is 55.0 Å². The van der Waals surface area contributed by atoms with E-state index in [4.69, 9.17) is 4.84 Å². The fourth-order valence-electron chi connectivity index (χ4n) is 3.38. The maximum atomic E-state index is 14.3. The first kappa shape index (κ1) is 22.9. The number of hydrogen-bond acceptors (Lipinski definition) is 5. The van der Waals surface area contributed by atoms with Gasteiger partial charge in [-0.15, -0.1) is 0 Å². The smallest absolute Gasteiger partial charge is 0.307 e. The van der Waals surface area contributed by atoms with E-state index in [1.54, 1.807) is 12.1 Å². The minimum absolute atomic E-state index is 0.0135. The molecule has 0 radical (unpaired) electrons. The molecule has 11 heteroatoms. The van der Waals surface area contributed by atoms with E-state index in [1.807, 2.05) is 6.92 Å². The van der Waals surface area contributed by atoms with Gasteiger partial charge in [0.25, 0.3) is 0 Å². The molecule has 0 spiro atoms. The highest BCUT2D eigenvalue weighted by atomic mass is 32.2. The molecular weight excluding hydrogens is 425 g/mol. The van der Waals surface area contributed by atoms with Gasteiger partial charge in [-0.05, 0) is 35.6 Å². The van der Waals surface area contributed by atoms with Gasteiger partial charge in [-0.25, -0.2) is 9.18 Å². The third-order valence-electron chi connectivity index (χ3n) is 4.95. The molecule has 0 bridgehead atoms. The Morgan fingerprint density at radius 3 is 2.39 bits per heavy atom. The standard InChI is InChI=1S/C20H26FN5O4S/c1-15-7-8-17(14-22-15)23-20(27)24-18-11-16(21)12-19(13-18)30-26(9-5-4-6-10-26)31(28,29)25(2)3/h7-8,11-14H,4-6,9-10H2,1-3H3,(H-,23,24,27)/p+1. The molecule has 1 aromatic heterocycles. The summed E-state index contributed by atoms with van der Waals surface area (Å²) in [5, 5.41) is 5.14. The van der Waals surface area contributed by atoms with Crippen LogP contribution in [0.15, 0.2) is 36.5 Å². The highest BCUT2D eigenvalue weighted by Gasteiger charge is 2.48. The minimum Gasteiger partial charge on any atom is -0.307 e. The molecule has 168 valence electrons. The Morgan fingerprint density at radius 1 is 1.10 bits per heavy atom. The highest BCUT2D eigenvalue weighted by Crippen LogP contribution is 2.30. The van der Waals surface area contributed by atoms with Crippen molar-refractivity contribution in [2.45, 2.75) is 26.2 Å². The third kappa shape index (κ3) is 5.30. The van der Waals surface area contributed by atoms with Crippen LogP contribution in [0.4, 0.5) is 20.6 Å². The molecule has 1 saturated heterocycles. The highest BCUT2D eigenvalue weighted by molar-refractivity contribution is 7.83. The van der Waals surface area contributed by atoms with Gasteiger partial charge >= 0.3 is 16.2 Å². The van der Waals surface area contributed by atoms with Crippen molar-refractivity contribution in [3.8, 4) is 5.75 Å². The van der Waals surface area contributed by atoms with Gasteiger partial charge in [-0.3, -0.25) is 9.82 Å². The summed E-state index contributed by atoms with van der Waals surface area (Å²) in [6, 6.07) is 6.48. The lowest BCUT2D eigenvalue weighted by Crippen LogP contribution is -2.61. The van der Waals surface area contributed by atoms with E-state index < -0.39 is 26.1 Å². The monoisotopic (exact) mass is 452 g/mol. The van der Waals surface area contributed by atoms with Crippen molar-refractivity contribution in [3.63, 3.8) is 0 Å². The summed E-state index contributed by atoms with van der Waals surface area (Å²) >= 11 is 0. The number of halogens is 1. The normalized spacial score (nSPS) is 16.0. The van der Waals surface area contributed by atoms with Crippen LogP contribution in [0.25, 0.3) is 0 Å². The summed E-state index contributed by atoms with van der Waals surface area (Å²) in [5.74, 6) is -0.651. The first-order chi connectivity index (χ1) is 14.6. The number of anilines is 2. The summed E-state index contributed by atoms with van der Waals surface area (Å²) in [5.41, 5.74) is 1.41. The molecular formula is C20H27FN5O4S+. The molecule has 0 unspecified atom stereocenters. The van der Waals surface area contributed by atoms with Crippen molar-refractivity contribution in [3.05, 3.63) is 48.0 Å². The van der Waals surface area contributed by atoms with E-state index in [2.05, 4.69) is 15.6 Å². The molecule has 1 aliphatic heterocycles. The lowest BCUT2D eigenvalue weighted by atomic mass is 10.2. The average molecular weight is 453 g/mol. The van der Waals surface area contributed by atoms with Crippen LogP contribution in [0.2, 0.25) is 0 Å². The number of aryl methyl sites for hydroxylation is 1. The summed E-state index contributed by atoms with van der Waals surface area (Å²) in [6.07, 6.45) is 3.74. The molecule has 1 aromatic carbocycles. The Morgan fingerprint density at radius 2 is 1.77 bits per heavy atom. The van der Waals surface area contributed by atoms with Crippen LogP contribution in [0.3, 0.4) is 0 Å². The number of carbonyl (C=O) groups excluding carboxylic acids is 1. The first-order valence-corrected chi connectivity index (χ1v) is 11.3. The van der Waals surface area contributed by atoms with Crippen molar-refractivity contribution in [1.29, 1.82) is 0 Å². The van der Waals surface area contributed by atoms with E-state index in [1.165, 1.54) is 26.4 Å². The molecule has 1 aliphatic rings. The average Bonchev–Trinajstić information content (AvgIpc) is 2.69. The van der Waals surface area contributed by atoms with E-state index in [0.717, 1.165) is 28.6 Å². The number of carbonyl (C=O) groups is 1. The summed E-state index contributed by atoms with van der Waals surface area (Å²) in [4.78, 5) is 22.3. The first-order valence-electron chi connectivity index (χ1n) is 9.92. The molecule has 2 heterocycles. The fourth-order valence-corrected chi connectivity index (χ4v) is 4.87. The molecule has 3 rings (SSSR count). The third-order valence-corrected chi connectivity index (χ3v) is 7.15. The van der Waals surface area contributed by atoms with Crippen molar-refractivity contribution >= 4 is 27.6 Å². The Hall–Kier alpha value is -2.76. The lowest BCUT2D eigenvalue weighted by molar-refractivity contribution is -0.980. The number of nitrogens with one attached hydrogen (secondary N) is 2. The number of hydroxylamine groups is 2. The van der Waals surface area contributed by atoms with E-state index in [9.17, 15) is 17.6 Å². The summed E-state index contributed by atoms with van der Waals surface area (Å²) < 4.78 is 40.7. The number of benzene rings is 1. The largest absolute Gasteiger partial charge is 0.410 e. The Bertz CT molecular complexity index is 1040. The summed E-state index contributed by atoms with van der Waals surface area (Å²) in [6.45, 7) is 2.33. The molecule has 0 saturated carbocycles. The quantitative estimate of drug-likeness (QED) is 0.655. The topological polar surface area (TPSA) is 101 Å². The molecule has 31 heavy (non-hydrogen) atoms. The lowest BCUT2D eigenvalue weighted by Gasteiger charge is -2.37. The zero-order valence-electron chi connectivity index (χ0n) is 17.8. The molecule has 0 aliphatic carbocycles. The number of piperidine rings is 1. The van der Waals surface area contributed by atoms with Gasteiger partial charge in [-0.1, -0.05) is 0 Å². The van der Waals surface area contributed by atoms with Gasteiger partial charge in [0.15, 0.2) is 5.75 Å². The van der Waals surface area contributed by atoms with Crippen LogP contribution in [0.5, 0.6) is 5.75 Å². The SMILES string of the molecule is Cc1ccc(NC(=O)Nc2cc(F)cc(O[N+]3(S(=O)(=O)N(C)C)CCCCC3)c2)cn1. The number of amides is 2. The van der Waals surface area contributed by atoms with Gasteiger partial charge in [0, 0.05) is 50.5 Å². The van der Waals surface area contributed by atoms with Gasteiger partial charge in [-0.2, -0.15) is 12.7 Å². The number of quaternary nitrogens is 1. The second-order valence-electron chi connectivity index (χ2n) is 7.62. The van der Waals surface area contributed by atoms with Crippen LogP contribution in [0, 0.1) is 12.7 Å². The van der Waals surface area contributed by atoms with Crippen molar-refractivity contribution < 1.29 is 26.5 Å². The van der Waals surface area contributed by atoms with Crippen molar-refractivity contribution in [1.82, 2.24) is 9.29 Å². The van der Waals surface area contributed by atoms with Crippen LogP contribution in [-0.2, 0) is 10.2 Å². The molecule has 1 fully saturated rings. The van der Waals surface area contributed by atoms with Crippen molar-refractivity contribution in [2.24, 2.45) is 0 Å². The zero-order valence-corrected chi connectivity index (χ0v) is 18.6. The maximum absolute atomic E-state index is 14.3. The number of pyridine rings is 1. The van der Waals surface area contributed by atoms with Crippen molar-refractivity contribution in [2.75, 3.05) is 37.8 Å². The van der Waals surface area contributed by atoms with E-state index in [-0.39, 0.29) is 24.5 Å². The molecule has 9 nitrogen and oxygen atoms in total. The van der Waals surface area contributed by atoms with Gasteiger partial charge in [0.1, 0.15) is 18.9 Å². The number of nitrogens with zero attached hydrogens (tertiary/aromatic N) is 3. The second kappa shape index (κ2) is 9.16. The number of urea groups is 1. The predicted molar refractivity (Wildman–Crippen MR) is 115 cm³/mol. The summed E-state index contributed by atoms with van der Waals surface area (Å²) in [7, 11) is -0.952. The minimum atomic E-state index is -3.83. The number of aromatic nitrogens is 1. The Kier molecular flexibility index (Phi) is 6.77. The van der Waals surface area contributed by atoms with Gasteiger partial charge in [0.2, 0.25) is 0 Å². The fraction of sp³-hybridized carbons (Fsp3) is 0.400. The Labute approximate surface area is 181 Å². The number of rotatable bonds is 6. The van der Waals surface area contributed by atoms with Crippen LogP contribution in [0.1, 0.15) is 25.0 Å². The molecule has 2 N–H and O–H groups in total. The van der Waals surface area contributed by atoms with E-state index in [0.29, 0.717) is 18.5 Å². The molecule has 2 aromatic rings. The molecule has 2 amide bonds. The van der Waals surface area contributed by atoms with E-state index >= 15 is 0 Å². The Balaban J connectivity index is 1.81. The van der Waals surface area contributed by atoms with Gasteiger partial charge < -0.3 is 10.6 Å².